The van der Waals surface area contributed by atoms with E-state index in [0.717, 1.165) is 11.0 Å². The average molecular weight is 363 g/mol. The smallest absolute Gasteiger partial charge is 0.289 e. The van der Waals surface area contributed by atoms with Crippen molar-refractivity contribution < 1.29 is 24.1 Å². The molecule has 9 heteroatoms. The zero-order valence-corrected chi connectivity index (χ0v) is 13.4. The number of Topliss-reactive ketones (excluding diaryl/α,β-unsaturated/α-hetero) is 2. The lowest BCUT2D eigenvalue weighted by atomic mass is 9.58. The van der Waals surface area contributed by atoms with E-state index in [1.54, 1.807) is 0 Å². The lowest BCUT2D eigenvalue weighted by molar-refractivity contribution is -0.384. The molecular formula is C16H11ClN2O6. The maximum atomic E-state index is 12.8. The monoisotopic (exact) mass is 362 g/mol. The number of nitrogens with zero attached hydrogens (tertiary/aromatic N) is 2. The molecule has 2 amide bonds. The molecule has 1 aliphatic heterocycles. The van der Waals surface area contributed by atoms with Crippen LogP contribution in [0.3, 0.4) is 0 Å². The minimum atomic E-state index is -0.855. The van der Waals surface area contributed by atoms with E-state index in [1.165, 1.54) is 12.1 Å². The number of carbonyl (C=O) groups excluding carboxylic acids is 4. The molecule has 1 aromatic rings. The highest BCUT2D eigenvalue weighted by molar-refractivity contribution is 6.33. The van der Waals surface area contributed by atoms with Gasteiger partial charge < -0.3 is 0 Å². The summed E-state index contributed by atoms with van der Waals surface area (Å²) in [7, 11) is 0. The lowest BCUT2D eigenvalue weighted by Crippen LogP contribution is -2.51. The van der Waals surface area contributed by atoms with Crippen molar-refractivity contribution in [2.75, 3.05) is 4.90 Å². The van der Waals surface area contributed by atoms with E-state index in [0.29, 0.717) is 0 Å². The molecule has 0 aromatic heterocycles. The zero-order valence-electron chi connectivity index (χ0n) is 12.7. The molecule has 4 fully saturated rings. The molecule has 25 heavy (non-hydrogen) atoms. The largest absolute Gasteiger partial charge is 0.299 e. The van der Waals surface area contributed by atoms with Gasteiger partial charge >= 0.3 is 0 Å². The van der Waals surface area contributed by atoms with Crippen LogP contribution in [0.2, 0.25) is 5.02 Å². The van der Waals surface area contributed by atoms with Gasteiger partial charge in [0.2, 0.25) is 11.8 Å². The highest BCUT2D eigenvalue weighted by Gasteiger charge is 2.63. The third-order valence-corrected chi connectivity index (χ3v) is 5.64. The van der Waals surface area contributed by atoms with Gasteiger partial charge in [0, 0.05) is 30.7 Å². The van der Waals surface area contributed by atoms with E-state index in [2.05, 4.69) is 0 Å². The van der Waals surface area contributed by atoms with Crippen molar-refractivity contribution in [3.63, 3.8) is 0 Å². The number of benzene rings is 1. The minimum Gasteiger partial charge on any atom is -0.299 e. The van der Waals surface area contributed by atoms with Crippen molar-refractivity contribution in [2.45, 2.75) is 12.8 Å². The number of carbonyl (C=O) groups is 4. The highest BCUT2D eigenvalue weighted by Crippen LogP contribution is 2.51. The molecule has 5 rings (SSSR count). The Morgan fingerprint density at radius 3 is 2.00 bits per heavy atom. The van der Waals surface area contributed by atoms with Gasteiger partial charge in [-0.25, -0.2) is 4.90 Å². The molecule has 1 saturated heterocycles. The maximum Gasteiger partial charge on any atom is 0.289 e. The van der Waals surface area contributed by atoms with Gasteiger partial charge in [-0.1, -0.05) is 11.6 Å². The fourth-order valence-corrected chi connectivity index (χ4v) is 4.40. The SMILES string of the molecule is O=C1C[C@H]2C(=O)C[C@@H]1[C@@H]1C(=O)N(c3ccc(Cl)c([N+](=O)[O-])c3)C(=O)[C@H]12. The first-order chi connectivity index (χ1) is 11.8. The normalized spacial score (nSPS) is 30.8. The molecule has 8 nitrogen and oxygen atoms in total. The summed E-state index contributed by atoms with van der Waals surface area (Å²) < 4.78 is 0. The number of ketones is 2. The molecule has 0 unspecified atom stereocenters. The van der Waals surface area contributed by atoms with Crippen molar-refractivity contribution >= 4 is 46.4 Å². The van der Waals surface area contributed by atoms with Gasteiger partial charge in [0.15, 0.2) is 0 Å². The Balaban J connectivity index is 1.79. The Bertz CT molecular complexity index is 841. The van der Waals surface area contributed by atoms with Crippen molar-refractivity contribution in [2.24, 2.45) is 23.7 Å². The van der Waals surface area contributed by atoms with Crippen LogP contribution in [0.4, 0.5) is 11.4 Å². The van der Waals surface area contributed by atoms with Crippen LogP contribution in [-0.4, -0.2) is 28.3 Å². The van der Waals surface area contributed by atoms with E-state index in [4.69, 9.17) is 11.6 Å². The second-order valence-electron chi connectivity index (χ2n) is 6.51. The first-order valence-corrected chi connectivity index (χ1v) is 8.06. The summed E-state index contributed by atoms with van der Waals surface area (Å²) in [6, 6.07) is 3.64. The van der Waals surface area contributed by atoms with Crippen LogP contribution in [-0.2, 0) is 19.2 Å². The van der Waals surface area contributed by atoms with Gasteiger partial charge in [-0.05, 0) is 12.1 Å². The fourth-order valence-electron chi connectivity index (χ4n) is 4.21. The molecule has 0 N–H and O–H groups in total. The van der Waals surface area contributed by atoms with Gasteiger partial charge in [0.1, 0.15) is 16.6 Å². The quantitative estimate of drug-likeness (QED) is 0.447. The van der Waals surface area contributed by atoms with Crippen LogP contribution in [0.5, 0.6) is 0 Å². The molecule has 128 valence electrons. The van der Waals surface area contributed by atoms with E-state index >= 15 is 0 Å². The van der Waals surface area contributed by atoms with Gasteiger partial charge in [0.05, 0.1) is 22.4 Å². The van der Waals surface area contributed by atoms with Gasteiger partial charge in [-0.15, -0.1) is 0 Å². The van der Waals surface area contributed by atoms with Crippen molar-refractivity contribution in [3.8, 4) is 0 Å². The Labute approximate surface area is 145 Å². The number of rotatable bonds is 2. The summed E-state index contributed by atoms with van der Waals surface area (Å²) in [4.78, 5) is 61.0. The molecule has 1 heterocycles. The summed E-state index contributed by atoms with van der Waals surface area (Å²) >= 11 is 5.77. The second-order valence-corrected chi connectivity index (χ2v) is 6.92. The summed E-state index contributed by atoms with van der Waals surface area (Å²) in [5.41, 5.74) is -0.399. The summed E-state index contributed by atoms with van der Waals surface area (Å²) in [5.74, 6) is -4.76. The topological polar surface area (TPSA) is 115 Å². The van der Waals surface area contributed by atoms with Crippen molar-refractivity contribution in [3.05, 3.63) is 33.3 Å². The number of hydrogen-bond donors (Lipinski definition) is 0. The van der Waals surface area contributed by atoms with E-state index in [9.17, 15) is 29.3 Å². The highest BCUT2D eigenvalue weighted by atomic mass is 35.5. The third-order valence-electron chi connectivity index (χ3n) is 5.32. The summed E-state index contributed by atoms with van der Waals surface area (Å²) in [6.45, 7) is 0. The Morgan fingerprint density at radius 2 is 1.52 bits per heavy atom. The Hall–Kier alpha value is -2.61. The number of nitro benzene ring substituents is 1. The predicted molar refractivity (Wildman–Crippen MR) is 83.8 cm³/mol. The number of nitro groups is 1. The zero-order chi connectivity index (χ0) is 18.0. The third kappa shape index (κ3) is 2.07. The number of halogens is 1. The molecule has 0 spiro atoms. The fraction of sp³-hybridized carbons (Fsp3) is 0.375. The molecule has 1 aromatic carbocycles. The summed E-state index contributed by atoms with van der Waals surface area (Å²) in [6.07, 6.45) is -0.0312. The van der Waals surface area contributed by atoms with Crippen LogP contribution >= 0.6 is 11.6 Å². The van der Waals surface area contributed by atoms with E-state index < -0.39 is 46.1 Å². The van der Waals surface area contributed by atoms with Crippen LogP contribution in [0, 0.1) is 33.8 Å². The van der Waals surface area contributed by atoms with Gasteiger partial charge in [-0.2, -0.15) is 0 Å². The molecule has 4 atom stereocenters. The van der Waals surface area contributed by atoms with Crippen LogP contribution in [0.25, 0.3) is 0 Å². The van der Waals surface area contributed by atoms with E-state index in [-0.39, 0.29) is 35.1 Å². The molecule has 4 aliphatic rings. The van der Waals surface area contributed by atoms with Crippen LogP contribution < -0.4 is 4.90 Å². The predicted octanol–water partition coefficient (Wildman–Crippen LogP) is 1.53. The van der Waals surface area contributed by atoms with Gasteiger partial charge in [-0.3, -0.25) is 29.3 Å². The van der Waals surface area contributed by atoms with E-state index in [1.807, 2.05) is 0 Å². The number of anilines is 1. The van der Waals surface area contributed by atoms with Crippen LogP contribution in [0.1, 0.15) is 12.8 Å². The second kappa shape index (κ2) is 5.19. The first-order valence-electron chi connectivity index (χ1n) is 7.68. The average Bonchev–Trinajstić information content (AvgIpc) is 2.82. The maximum absolute atomic E-state index is 12.8. The number of imide groups is 1. The molecular weight excluding hydrogens is 352 g/mol. The van der Waals surface area contributed by atoms with Crippen molar-refractivity contribution in [1.82, 2.24) is 0 Å². The molecule has 3 saturated carbocycles. The first kappa shape index (κ1) is 15.9. The number of amides is 2. The minimum absolute atomic E-state index is 0.0156. The Morgan fingerprint density at radius 1 is 1.00 bits per heavy atom. The summed E-state index contributed by atoms with van der Waals surface area (Å²) in [5, 5.41) is 10.9. The van der Waals surface area contributed by atoms with Crippen LogP contribution in [0.15, 0.2) is 18.2 Å². The number of fused-ring (bicyclic) bond motifs is 2. The number of hydrogen-bond acceptors (Lipinski definition) is 6. The molecule has 0 radical (unpaired) electrons. The molecule has 3 aliphatic carbocycles. The Kier molecular flexibility index (Phi) is 3.30. The van der Waals surface area contributed by atoms with Crippen molar-refractivity contribution in [1.29, 1.82) is 0 Å². The molecule has 2 bridgehead atoms. The lowest BCUT2D eigenvalue weighted by Gasteiger charge is -2.40. The van der Waals surface area contributed by atoms with Gasteiger partial charge in [0.25, 0.3) is 5.69 Å². The standard InChI is InChI=1S/C16H11ClN2O6/c17-9-2-1-6(3-10(9)19(24)25)18-15(22)13-7-4-11(20)8(5-12(7)21)14(13)16(18)23/h1-3,7-8,13-14H,4-5H2/t7-,8-,13-,14-/m0/s1.